The Bertz CT molecular complexity index is 1200. The maximum atomic E-state index is 12.9. The highest BCUT2D eigenvalue weighted by Gasteiger charge is 2.23. The molecule has 1 fully saturated rings. The number of aromatic nitrogens is 1. The number of pyridine rings is 1. The second-order valence-electron chi connectivity index (χ2n) is 7.63. The van der Waals surface area contributed by atoms with Crippen LogP contribution in [0.4, 0.5) is 17.2 Å². The van der Waals surface area contributed by atoms with Crippen molar-refractivity contribution in [3.8, 4) is 0 Å². The number of carbonyl (C=O) groups excluding carboxylic acids is 2. The first-order valence-electron chi connectivity index (χ1n) is 10.3. The van der Waals surface area contributed by atoms with Crippen LogP contribution >= 0.6 is 0 Å². The molecule has 1 aromatic heterocycles. The summed E-state index contributed by atoms with van der Waals surface area (Å²) < 4.78 is 5.28. The number of hydrogen-bond donors (Lipinski definition) is 1. The molecule has 0 saturated carbocycles. The number of nitro groups is 1. The van der Waals surface area contributed by atoms with Crippen LogP contribution in [0.2, 0.25) is 0 Å². The first-order chi connectivity index (χ1) is 15.4. The van der Waals surface area contributed by atoms with E-state index in [-0.39, 0.29) is 5.69 Å². The van der Waals surface area contributed by atoms with E-state index in [1.807, 2.05) is 24.3 Å². The number of para-hydroxylation sites is 1. The van der Waals surface area contributed by atoms with Gasteiger partial charge in [-0.2, -0.15) is 0 Å². The molecule has 0 unspecified atom stereocenters. The number of amides is 1. The lowest BCUT2D eigenvalue weighted by Crippen LogP contribution is -2.25. The molecule has 2 aromatic carbocycles. The van der Waals surface area contributed by atoms with Crippen molar-refractivity contribution in [1.82, 2.24) is 4.98 Å². The zero-order chi connectivity index (χ0) is 22.7. The van der Waals surface area contributed by atoms with Crippen LogP contribution < -0.4 is 10.2 Å². The number of fused-ring (bicyclic) bond motifs is 1. The number of anilines is 2. The molecule has 0 aliphatic carbocycles. The standard InChI is InChI=1S/C23H22N4O5/c1-15-8-9-17(27(30)31)13-20(15)24-21(28)14-32-23(29)18-12-16-6-2-3-7-19(16)25-22(18)26-10-4-5-11-26/h2-3,6-9,12-13H,4-5,10-11,14H2,1H3,(H,24,28). The minimum Gasteiger partial charge on any atom is -0.452 e. The SMILES string of the molecule is Cc1ccc([N+](=O)[O-])cc1NC(=O)COC(=O)c1cc2ccccc2nc1N1CCCC1. The summed E-state index contributed by atoms with van der Waals surface area (Å²) in [5.41, 5.74) is 1.91. The lowest BCUT2D eigenvalue weighted by Gasteiger charge is -2.20. The van der Waals surface area contributed by atoms with Gasteiger partial charge >= 0.3 is 5.97 Å². The Kier molecular flexibility index (Phi) is 5.98. The van der Waals surface area contributed by atoms with E-state index >= 15 is 0 Å². The first kappa shape index (κ1) is 21.2. The Labute approximate surface area is 184 Å². The molecule has 9 heteroatoms. The number of nitrogens with zero attached hydrogens (tertiary/aromatic N) is 3. The van der Waals surface area contributed by atoms with Crippen molar-refractivity contribution in [2.45, 2.75) is 19.8 Å². The van der Waals surface area contributed by atoms with Gasteiger partial charge < -0.3 is 15.0 Å². The summed E-state index contributed by atoms with van der Waals surface area (Å²) in [6.07, 6.45) is 2.04. The smallest absolute Gasteiger partial charge is 0.342 e. The van der Waals surface area contributed by atoms with Gasteiger partial charge in [0.25, 0.3) is 11.6 Å². The van der Waals surface area contributed by atoms with Gasteiger partial charge in [0.2, 0.25) is 0 Å². The Hall–Kier alpha value is -4.01. The van der Waals surface area contributed by atoms with Gasteiger partial charge in [-0.25, -0.2) is 9.78 Å². The fourth-order valence-corrected chi connectivity index (χ4v) is 3.68. The van der Waals surface area contributed by atoms with Crippen molar-refractivity contribution < 1.29 is 19.2 Å². The average Bonchev–Trinajstić information content (AvgIpc) is 3.32. The predicted octanol–water partition coefficient (Wildman–Crippen LogP) is 3.85. The van der Waals surface area contributed by atoms with Gasteiger partial charge in [0.1, 0.15) is 11.4 Å². The molecule has 0 atom stereocenters. The molecule has 4 rings (SSSR count). The zero-order valence-electron chi connectivity index (χ0n) is 17.5. The van der Waals surface area contributed by atoms with Crippen molar-refractivity contribution in [2.75, 3.05) is 29.9 Å². The third-order valence-electron chi connectivity index (χ3n) is 5.37. The van der Waals surface area contributed by atoms with Gasteiger partial charge in [-0.3, -0.25) is 14.9 Å². The summed E-state index contributed by atoms with van der Waals surface area (Å²) >= 11 is 0. The third kappa shape index (κ3) is 4.51. The Balaban J connectivity index is 1.50. The predicted molar refractivity (Wildman–Crippen MR) is 120 cm³/mol. The first-order valence-corrected chi connectivity index (χ1v) is 10.3. The number of esters is 1. The summed E-state index contributed by atoms with van der Waals surface area (Å²) in [6, 6.07) is 13.4. The Morgan fingerprint density at radius 2 is 1.91 bits per heavy atom. The molecule has 1 aliphatic rings. The topological polar surface area (TPSA) is 115 Å². The third-order valence-corrected chi connectivity index (χ3v) is 5.37. The average molecular weight is 434 g/mol. The molecule has 0 spiro atoms. The van der Waals surface area contributed by atoms with E-state index in [0.717, 1.165) is 36.8 Å². The van der Waals surface area contributed by atoms with Crippen molar-refractivity contribution in [3.63, 3.8) is 0 Å². The van der Waals surface area contributed by atoms with Gasteiger partial charge in [-0.1, -0.05) is 24.3 Å². The Morgan fingerprint density at radius 3 is 2.66 bits per heavy atom. The summed E-state index contributed by atoms with van der Waals surface area (Å²) in [5, 5.41) is 14.3. The van der Waals surface area contributed by atoms with E-state index in [4.69, 9.17) is 4.74 Å². The number of aryl methyl sites for hydroxylation is 1. The van der Waals surface area contributed by atoms with Gasteiger partial charge in [-0.15, -0.1) is 0 Å². The second-order valence-corrected chi connectivity index (χ2v) is 7.63. The fraction of sp³-hybridized carbons (Fsp3) is 0.261. The highest BCUT2D eigenvalue weighted by atomic mass is 16.6. The zero-order valence-corrected chi connectivity index (χ0v) is 17.5. The summed E-state index contributed by atoms with van der Waals surface area (Å²) in [6.45, 7) is 2.80. The highest BCUT2D eigenvalue weighted by Crippen LogP contribution is 2.27. The molecule has 1 aliphatic heterocycles. The molecule has 3 aromatic rings. The number of non-ortho nitro benzene ring substituents is 1. The molecule has 1 saturated heterocycles. The largest absolute Gasteiger partial charge is 0.452 e. The van der Waals surface area contributed by atoms with E-state index in [2.05, 4.69) is 15.2 Å². The molecule has 32 heavy (non-hydrogen) atoms. The number of nitrogens with one attached hydrogen (secondary N) is 1. The summed E-state index contributed by atoms with van der Waals surface area (Å²) in [4.78, 5) is 42.4. The van der Waals surface area contributed by atoms with E-state index in [1.54, 1.807) is 19.1 Å². The van der Waals surface area contributed by atoms with E-state index in [1.165, 1.54) is 12.1 Å². The molecule has 164 valence electrons. The number of ether oxygens (including phenoxy) is 1. The molecule has 1 amide bonds. The number of benzene rings is 2. The highest BCUT2D eigenvalue weighted by molar-refractivity contribution is 6.01. The normalized spacial score (nSPS) is 13.2. The molecule has 1 N–H and O–H groups in total. The van der Waals surface area contributed by atoms with Crippen LogP contribution in [0.5, 0.6) is 0 Å². The molecule has 2 heterocycles. The van der Waals surface area contributed by atoms with Crippen LogP contribution in [0.25, 0.3) is 10.9 Å². The minimum absolute atomic E-state index is 0.139. The van der Waals surface area contributed by atoms with Crippen LogP contribution in [0, 0.1) is 17.0 Å². The van der Waals surface area contributed by atoms with Crippen LogP contribution in [-0.4, -0.2) is 41.5 Å². The van der Waals surface area contributed by atoms with Gasteiger partial charge in [0.15, 0.2) is 6.61 Å². The molecule has 9 nitrogen and oxygen atoms in total. The van der Waals surface area contributed by atoms with Crippen LogP contribution in [-0.2, 0) is 9.53 Å². The summed E-state index contributed by atoms with van der Waals surface area (Å²) in [5.74, 6) is -0.671. The fourth-order valence-electron chi connectivity index (χ4n) is 3.68. The minimum atomic E-state index is -0.643. The van der Waals surface area contributed by atoms with Crippen molar-refractivity contribution in [1.29, 1.82) is 0 Å². The van der Waals surface area contributed by atoms with Gasteiger partial charge in [-0.05, 0) is 37.5 Å². The van der Waals surface area contributed by atoms with Gasteiger partial charge in [0, 0.05) is 30.6 Å². The molecule has 0 bridgehead atoms. The maximum Gasteiger partial charge on any atom is 0.342 e. The van der Waals surface area contributed by atoms with Crippen LogP contribution in [0.1, 0.15) is 28.8 Å². The van der Waals surface area contributed by atoms with Crippen LogP contribution in [0.3, 0.4) is 0 Å². The van der Waals surface area contributed by atoms with Crippen molar-refractivity contribution in [3.05, 3.63) is 69.8 Å². The second kappa shape index (κ2) is 9.01. The molecular weight excluding hydrogens is 412 g/mol. The lowest BCUT2D eigenvalue weighted by molar-refractivity contribution is -0.384. The van der Waals surface area contributed by atoms with E-state index < -0.39 is 23.4 Å². The van der Waals surface area contributed by atoms with Crippen molar-refractivity contribution in [2.24, 2.45) is 0 Å². The number of carbonyl (C=O) groups is 2. The molecular formula is C23H22N4O5. The number of rotatable bonds is 6. The van der Waals surface area contributed by atoms with Crippen LogP contribution in [0.15, 0.2) is 48.5 Å². The van der Waals surface area contributed by atoms with E-state index in [0.29, 0.717) is 22.6 Å². The lowest BCUT2D eigenvalue weighted by atomic mass is 10.1. The number of nitro benzene ring substituents is 1. The molecule has 0 radical (unpaired) electrons. The van der Waals surface area contributed by atoms with E-state index in [9.17, 15) is 19.7 Å². The van der Waals surface area contributed by atoms with Gasteiger partial charge in [0.05, 0.1) is 16.1 Å². The maximum absolute atomic E-state index is 12.9. The van der Waals surface area contributed by atoms with Crippen molar-refractivity contribution >= 4 is 40.0 Å². The quantitative estimate of drug-likeness (QED) is 0.356. The number of hydrogen-bond acceptors (Lipinski definition) is 7. The Morgan fingerprint density at radius 1 is 1.16 bits per heavy atom. The summed E-state index contributed by atoms with van der Waals surface area (Å²) in [7, 11) is 0. The monoisotopic (exact) mass is 434 g/mol.